The van der Waals surface area contributed by atoms with Crippen molar-refractivity contribution in [3.63, 3.8) is 0 Å². The van der Waals surface area contributed by atoms with Gasteiger partial charge in [-0.05, 0) is 43.0 Å². The number of ether oxygens (including phenoxy) is 3. The molecule has 0 aromatic heterocycles. The summed E-state index contributed by atoms with van der Waals surface area (Å²) >= 11 is 0. The van der Waals surface area contributed by atoms with E-state index < -0.39 is 35.8 Å². The largest absolute Gasteiger partial charge is 0.480 e. The van der Waals surface area contributed by atoms with E-state index in [0.29, 0.717) is 0 Å². The number of hydrogen-bond donors (Lipinski definition) is 1. The maximum atomic E-state index is 12.9. The van der Waals surface area contributed by atoms with Gasteiger partial charge in [-0.25, -0.2) is 14.4 Å². The predicted molar refractivity (Wildman–Crippen MR) is 123 cm³/mol. The Bertz CT molecular complexity index is 1050. The Labute approximate surface area is 198 Å². The Morgan fingerprint density at radius 2 is 1.59 bits per heavy atom. The molecule has 0 unspecified atom stereocenters. The fraction of sp³-hybridized carbons (Fsp3) is 0.423. The summed E-state index contributed by atoms with van der Waals surface area (Å²) in [7, 11) is 0. The van der Waals surface area contributed by atoms with Crippen molar-refractivity contribution in [2.75, 3.05) is 19.8 Å². The van der Waals surface area contributed by atoms with E-state index in [0.717, 1.165) is 27.2 Å². The van der Waals surface area contributed by atoms with E-state index in [1.54, 1.807) is 20.8 Å². The van der Waals surface area contributed by atoms with Gasteiger partial charge in [-0.15, -0.1) is 0 Å². The third kappa shape index (κ3) is 5.07. The highest BCUT2D eigenvalue weighted by atomic mass is 16.6. The van der Waals surface area contributed by atoms with Gasteiger partial charge in [-0.3, -0.25) is 4.90 Å². The molecule has 0 bridgehead atoms. The number of hydrogen-bond acceptors (Lipinski definition) is 6. The van der Waals surface area contributed by atoms with E-state index in [1.165, 1.54) is 0 Å². The van der Waals surface area contributed by atoms with E-state index in [2.05, 4.69) is 0 Å². The van der Waals surface area contributed by atoms with Crippen molar-refractivity contribution in [1.29, 1.82) is 0 Å². The lowest BCUT2D eigenvalue weighted by Crippen LogP contribution is -2.41. The van der Waals surface area contributed by atoms with Crippen LogP contribution in [-0.4, -0.2) is 65.5 Å². The lowest BCUT2D eigenvalue weighted by Gasteiger charge is -2.22. The van der Waals surface area contributed by atoms with E-state index in [4.69, 9.17) is 14.2 Å². The summed E-state index contributed by atoms with van der Waals surface area (Å²) in [6.07, 6.45) is -1.24. The molecule has 1 amide bonds. The minimum atomic E-state index is -1.14. The zero-order chi connectivity index (χ0) is 24.5. The summed E-state index contributed by atoms with van der Waals surface area (Å²) in [5.74, 6) is -1.81. The maximum absolute atomic E-state index is 12.9. The second-order valence-corrected chi connectivity index (χ2v) is 9.57. The van der Waals surface area contributed by atoms with Crippen molar-refractivity contribution in [3.8, 4) is 11.1 Å². The number of carbonyl (C=O) groups is 3. The number of rotatable bonds is 6. The molecule has 2 aliphatic rings. The van der Waals surface area contributed by atoms with E-state index in [9.17, 15) is 19.5 Å². The normalized spacial score (nSPS) is 19.4. The number of carbonyl (C=O) groups excluding carboxylic acids is 2. The first-order valence-corrected chi connectivity index (χ1v) is 11.3. The minimum Gasteiger partial charge on any atom is -0.480 e. The van der Waals surface area contributed by atoms with Crippen LogP contribution in [0.3, 0.4) is 0 Å². The van der Waals surface area contributed by atoms with Crippen LogP contribution in [0.25, 0.3) is 11.1 Å². The molecule has 2 aromatic rings. The highest BCUT2D eigenvalue weighted by Crippen LogP contribution is 2.44. The Balaban J connectivity index is 1.39. The monoisotopic (exact) mass is 467 g/mol. The highest BCUT2D eigenvalue weighted by molar-refractivity contribution is 5.82. The number of esters is 1. The van der Waals surface area contributed by atoms with Crippen LogP contribution in [0, 0.1) is 0 Å². The van der Waals surface area contributed by atoms with Crippen molar-refractivity contribution in [2.45, 2.75) is 50.9 Å². The number of nitrogens with zero attached hydrogens (tertiary/aromatic N) is 1. The smallest absolute Gasteiger partial charge is 0.410 e. The quantitative estimate of drug-likeness (QED) is 0.644. The standard InChI is InChI=1S/C26H29NO7/c1-26(2,3)34-23(28)15-32-16-12-22(24(29)30)27(13-16)25(31)33-14-21-19-10-6-4-8-17(19)18-9-5-7-11-20(18)21/h4-11,16,21-22H,12-15H2,1-3H3,(H,29,30)/t16-,22+/m0/s1. The van der Waals surface area contributed by atoms with Crippen LogP contribution in [0.5, 0.6) is 0 Å². The summed E-state index contributed by atoms with van der Waals surface area (Å²) in [4.78, 5) is 37.8. The van der Waals surface area contributed by atoms with Gasteiger partial charge < -0.3 is 19.3 Å². The van der Waals surface area contributed by atoms with Crippen molar-refractivity contribution in [3.05, 3.63) is 59.7 Å². The van der Waals surface area contributed by atoms with Crippen molar-refractivity contribution >= 4 is 18.0 Å². The van der Waals surface area contributed by atoms with Gasteiger partial charge in [0.15, 0.2) is 0 Å². The van der Waals surface area contributed by atoms with Crippen LogP contribution in [-0.2, 0) is 23.8 Å². The molecule has 1 aliphatic heterocycles. The van der Waals surface area contributed by atoms with Gasteiger partial charge in [-0.1, -0.05) is 48.5 Å². The zero-order valence-electron chi connectivity index (χ0n) is 19.5. The lowest BCUT2D eigenvalue weighted by molar-refractivity contribution is -0.162. The first-order chi connectivity index (χ1) is 16.1. The maximum Gasteiger partial charge on any atom is 0.410 e. The van der Waals surface area contributed by atoms with Crippen LogP contribution < -0.4 is 0 Å². The lowest BCUT2D eigenvalue weighted by atomic mass is 9.98. The molecule has 34 heavy (non-hydrogen) atoms. The molecule has 2 aromatic carbocycles. The van der Waals surface area contributed by atoms with Crippen molar-refractivity contribution in [1.82, 2.24) is 4.90 Å². The molecule has 1 heterocycles. The second kappa shape index (κ2) is 9.46. The summed E-state index contributed by atoms with van der Waals surface area (Å²) < 4.78 is 16.4. The number of fused-ring (bicyclic) bond motifs is 3. The van der Waals surface area contributed by atoms with Crippen LogP contribution in [0.2, 0.25) is 0 Å². The third-order valence-electron chi connectivity index (χ3n) is 5.98. The van der Waals surface area contributed by atoms with Gasteiger partial charge in [0, 0.05) is 12.3 Å². The molecule has 8 nitrogen and oxygen atoms in total. The van der Waals surface area contributed by atoms with Crippen LogP contribution in [0.15, 0.2) is 48.5 Å². The second-order valence-electron chi connectivity index (χ2n) is 9.57. The van der Waals surface area contributed by atoms with Crippen LogP contribution in [0.1, 0.15) is 44.2 Å². The molecule has 1 aliphatic carbocycles. The van der Waals surface area contributed by atoms with Crippen LogP contribution in [0.4, 0.5) is 4.79 Å². The fourth-order valence-electron chi connectivity index (χ4n) is 4.59. The average molecular weight is 468 g/mol. The SMILES string of the molecule is CC(C)(C)OC(=O)CO[C@H]1C[C@H](C(=O)O)N(C(=O)OCC2c3ccccc3-c3ccccc32)C1. The number of benzene rings is 2. The number of amides is 1. The number of likely N-dealkylation sites (tertiary alicyclic amines) is 1. The highest BCUT2D eigenvalue weighted by Gasteiger charge is 2.42. The molecule has 180 valence electrons. The Hall–Kier alpha value is -3.39. The van der Waals surface area contributed by atoms with Crippen LogP contribution >= 0.6 is 0 Å². The van der Waals surface area contributed by atoms with Gasteiger partial charge in [0.05, 0.1) is 12.6 Å². The molecule has 1 N–H and O–H groups in total. The summed E-state index contributed by atoms with van der Waals surface area (Å²) in [5.41, 5.74) is 3.73. The van der Waals surface area contributed by atoms with E-state index >= 15 is 0 Å². The van der Waals surface area contributed by atoms with Gasteiger partial charge in [0.2, 0.25) is 0 Å². The minimum absolute atomic E-state index is 0.0242. The van der Waals surface area contributed by atoms with Gasteiger partial charge in [-0.2, -0.15) is 0 Å². The Kier molecular flexibility index (Phi) is 6.61. The number of aliphatic carboxylic acids is 1. The van der Waals surface area contributed by atoms with E-state index in [1.807, 2.05) is 48.5 Å². The summed E-state index contributed by atoms with van der Waals surface area (Å²) in [6, 6.07) is 14.9. The molecule has 1 fully saturated rings. The Morgan fingerprint density at radius 1 is 1.00 bits per heavy atom. The molecule has 0 spiro atoms. The molecular formula is C26H29NO7. The molecule has 0 saturated carbocycles. The zero-order valence-corrected chi connectivity index (χ0v) is 19.5. The van der Waals surface area contributed by atoms with Gasteiger partial charge >= 0.3 is 18.0 Å². The van der Waals surface area contributed by atoms with Gasteiger partial charge in [0.25, 0.3) is 0 Å². The predicted octanol–water partition coefficient (Wildman–Crippen LogP) is 3.82. The number of carboxylic acid groups (broad SMARTS) is 1. The fourth-order valence-corrected chi connectivity index (χ4v) is 4.59. The van der Waals surface area contributed by atoms with Gasteiger partial charge in [0.1, 0.15) is 24.9 Å². The molecular weight excluding hydrogens is 438 g/mol. The summed E-state index contributed by atoms with van der Waals surface area (Å²) in [5, 5.41) is 9.62. The van der Waals surface area contributed by atoms with E-state index in [-0.39, 0.29) is 32.1 Å². The average Bonchev–Trinajstić information content (AvgIpc) is 3.35. The molecule has 0 radical (unpaired) electrons. The molecule has 4 rings (SSSR count). The third-order valence-corrected chi connectivity index (χ3v) is 5.98. The molecule has 1 saturated heterocycles. The summed E-state index contributed by atoms with van der Waals surface area (Å²) in [6.45, 7) is 5.06. The van der Waals surface area contributed by atoms with Crippen molar-refractivity contribution in [2.24, 2.45) is 0 Å². The first kappa shape index (κ1) is 23.8. The number of carboxylic acids is 1. The Morgan fingerprint density at radius 3 is 2.15 bits per heavy atom. The molecule has 8 heteroatoms. The molecule has 2 atom stereocenters. The first-order valence-electron chi connectivity index (χ1n) is 11.3. The van der Waals surface area contributed by atoms with Crippen molar-refractivity contribution < 1.29 is 33.7 Å². The topological polar surface area (TPSA) is 102 Å².